The number of carbonyl (C=O) groups excluding carboxylic acids is 1. The zero-order valence-corrected chi connectivity index (χ0v) is 14.8. The fraction of sp³-hybridized carbons (Fsp3) is 0.500. The van der Waals surface area contributed by atoms with Gasteiger partial charge in [0, 0.05) is 51.9 Å². The zero-order chi connectivity index (χ0) is 17.2. The van der Waals surface area contributed by atoms with Gasteiger partial charge in [0.05, 0.1) is 6.20 Å². The number of rotatable bonds is 4. The standard InChI is InChI=1S/C20H26N4O/c1-22-15-17(13-21-22)18-12-19(18)20(25)24-9-5-8-23(10-11-24)14-16-6-3-2-4-7-16/h2-4,6-7,13,15,18-19H,5,8-12,14H2,1H3/t18-,19-/m1/s1. The van der Waals surface area contributed by atoms with Crippen LogP contribution in [0.3, 0.4) is 0 Å². The minimum absolute atomic E-state index is 0.171. The van der Waals surface area contributed by atoms with Gasteiger partial charge in [-0.15, -0.1) is 0 Å². The van der Waals surface area contributed by atoms with Gasteiger partial charge in [0.25, 0.3) is 0 Å². The maximum atomic E-state index is 12.8. The van der Waals surface area contributed by atoms with E-state index in [-0.39, 0.29) is 5.92 Å². The van der Waals surface area contributed by atoms with Crippen molar-refractivity contribution in [1.29, 1.82) is 0 Å². The minimum Gasteiger partial charge on any atom is -0.341 e. The fourth-order valence-electron chi connectivity index (χ4n) is 3.89. The summed E-state index contributed by atoms with van der Waals surface area (Å²) in [6.45, 7) is 4.74. The number of hydrogen-bond donors (Lipinski definition) is 0. The summed E-state index contributed by atoms with van der Waals surface area (Å²) in [4.78, 5) is 17.4. The first-order chi connectivity index (χ1) is 12.2. The van der Waals surface area contributed by atoms with Gasteiger partial charge >= 0.3 is 0 Å². The maximum Gasteiger partial charge on any atom is 0.226 e. The van der Waals surface area contributed by atoms with Crippen molar-refractivity contribution in [2.24, 2.45) is 13.0 Å². The fourth-order valence-corrected chi connectivity index (χ4v) is 3.89. The highest BCUT2D eigenvalue weighted by molar-refractivity contribution is 5.83. The monoisotopic (exact) mass is 338 g/mol. The van der Waals surface area contributed by atoms with E-state index in [0.717, 1.165) is 45.6 Å². The van der Waals surface area contributed by atoms with Gasteiger partial charge in [0.2, 0.25) is 5.91 Å². The van der Waals surface area contributed by atoms with Crippen LogP contribution in [0.15, 0.2) is 42.7 Å². The van der Waals surface area contributed by atoms with Crippen LogP contribution in [-0.2, 0) is 18.4 Å². The number of carbonyl (C=O) groups is 1. The van der Waals surface area contributed by atoms with Crippen LogP contribution < -0.4 is 0 Å². The lowest BCUT2D eigenvalue weighted by Gasteiger charge is -2.22. The Labute approximate surface area is 149 Å². The molecule has 0 N–H and O–H groups in total. The molecule has 1 saturated carbocycles. The molecule has 2 heterocycles. The number of aryl methyl sites for hydroxylation is 1. The molecule has 1 aromatic carbocycles. The van der Waals surface area contributed by atoms with Gasteiger partial charge in [-0.25, -0.2) is 0 Å². The Hall–Kier alpha value is -2.14. The van der Waals surface area contributed by atoms with Gasteiger partial charge in [0.1, 0.15) is 0 Å². The van der Waals surface area contributed by atoms with Crippen molar-refractivity contribution in [2.45, 2.75) is 25.3 Å². The van der Waals surface area contributed by atoms with Gasteiger partial charge in [-0.3, -0.25) is 14.4 Å². The smallest absolute Gasteiger partial charge is 0.226 e. The molecule has 0 unspecified atom stereocenters. The second-order valence-corrected chi connectivity index (χ2v) is 7.34. The normalized spacial score (nSPS) is 24.1. The first-order valence-electron chi connectivity index (χ1n) is 9.24. The number of nitrogens with zero attached hydrogens (tertiary/aromatic N) is 4. The molecular formula is C20H26N4O. The third-order valence-corrected chi connectivity index (χ3v) is 5.41. The number of aromatic nitrogens is 2. The summed E-state index contributed by atoms with van der Waals surface area (Å²) >= 11 is 0. The molecule has 5 nitrogen and oxygen atoms in total. The van der Waals surface area contributed by atoms with Gasteiger partial charge in [-0.2, -0.15) is 5.10 Å². The molecule has 2 atom stereocenters. The summed E-state index contributed by atoms with van der Waals surface area (Å²) in [6, 6.07) is 10.6. The van der Waals surface area contributed by atoms with Crippen LogP contribution in [0, 0.1) is 5.92 Å². The van der Waals surface area contributed by atoms with Crippen molar-refractivity contribution < 1.29 is 4.79 Å². The largest absolute Gasteiger partial charge is 0.341 e. The molecule has 25 heavy (non-hydrogen) atoms. The summed E-state index contributed by atoms with van der Waals surface area (Å²) < 4.78 is 1.82. The van der Waals surface area contributed by atoms with Crippen LogP contribution in [0.2, 0.25) is 0 Å². The van der Waals surface area contributed by atoms with Crippen LogP contribution in [-0.4, -0.2) is 51.7 Å². The lowest BCUT2D eigenvalue weighted by molar-refractivity contribution is -0.132. The maximum absolute atomic E-state index is 12.8. The van der Waals surface area contributed by atoms with Crippen molar-refractivity contribution >= 4 is 5.91 Å². The highest BCUT2D eigenvalue weighted by Crippen LogP contribution is 2.48. The molecule has 2 aromatic rings. The molecule has 1 saturated heterocycles. The average Bonchev–Trinajstić information content (AvgIpc) is 3.36. The Balaban J connectivity index is 1.31. The molecule has 1 aliphatic heterocycles. The van der Waals surface area contributed by atoms with Crippen LogP contribution in [0.25, 0.3) is 0 Å². The molecule has 2 aliphatic rings. The second-order valence-electron chi connectivity index (χ2n) is 7.34. The molecule has 0 spiro atoms. The Morgan fingerprint density at radius 2 is 2.00 bits per heavy atom. The van der Waals surface area contributed by atoms with Gasteiger partial charge < -0.3 is 4.90 Å². The molecule has 5 heteroatoms. The SMILES string of the molecule is Cn1cc([C@H]2C[C@H]2C(=O)N2CCCN(Cc3ccccc3)CC2)cn1. The van der Waals surface area contributed by atoms with Crippen molar-refractivity contribution in [1.82, 2.24) is 19.6 Å². The third kappa shape index (κ3) is 3.76. The van der Waals surface area contributed by atoms with Crippen LogP contribution in [0.4, 0.5) is 0 Å². The van der Waals surface area contributed by atoms with Gasteiger partial charge in [-0.1, -0.05) is 30.3 Å². The Kier molecular flexibility index (Phi) is 4.57. The molecule has 0 bridgehead atoms. The highest BCUT2D eigenvalue weighted by atomic mass is 16.2. The van der Waals surface area contributed by atoms with Crippen LogP contribution in [0.5, 0.6) is 0 Å². The summed E-state index contributed by atoms with van der Waals surface area (Å²) in [5, 5.41) is 4.23. The topological polar surface area (TPSA) is 41.4 Å². The van der Waals surface area contributed by atoms with Crippen molar-refractivity contribution in [3.63, 3.8) is 0 Å². The van der Waals surface area contributed by atoms with Crippen LogP contribution in [0.1, 0.15) is 29.9 Å². The Morgan fingerprint density at radius 3 is 2.76 bits per heavy atom. The van der Waals surface area contributed by atoms with Crippen molar-refractivity contribution in [3.05, 3.63) is 53.9 Å². The third-order valence-electron chi connectivity index (χ3n) is 5.41. The summed E-state index contributed by atoms with van der Waals surface area (Å²) in [7, 11) is 1.93. The molecule has 132 valence electrons. The summed E-state index contributed by atoms with van der Waals surface area (Å²) in [6.07, 6.45) is 5.99. The lowest BCUT2D eigenvalue weighted by Crippen LogP contribution is -2.36. The van der Waals surface area contributed by atoms with E-state index >= 15 is 0 Å². The van der Waals surface area contributed by atoms with E-state index in [2.05, 4.69) is 45.2 Å². The molecule has 1 aromatic heterocycles. The van der Waals surface area contributed by atoms with E-state index in [9.17, 15) is 4.79 Å². The minimum atomic E-state index is 0.171. The van der Waals surface area contributed by atoms with Gasteiger partial charge in [-0.05, 0) is 29.9 Å². The van der Waals surface area contributed by atoms with Crippen LogP contribution >= 0.6 is 0 Å². The summed E-state index contributed by atoms with van der Waals surface area (Å²) in [5.41, 5.74) is 2.56. The van der Waals surface area contributed by atoms with E-state index < -0.39 is 0 Å². The first-order valence-corrected chi connectivity index (χ1v) is 9.24. The number of benzene rings is 1. The van der Waals surface area contributed by atoms with Crippen molar-refractivity contribution in [3.8, 4) is 0 Å². The van der Waals surface area contributed by atoms with Crippen molar-refractivity contribution in [2.75, 3.05) is 26.2 Å². The zero-order valence-electron chi connectivity index (χ0n) is 14.8. The first kappa shape index (κ1) is 16.3. The Morgan fingerprint density at radius 1 is 1.16 bits per heavy atom. The average molecular weight is 338 g/mol. The predicted octanol–water partition coefficient (Wildman–Crippen LogP) is 2.26. The lowest BCUT2D eigenvalue weighted by atomic mass is 10.2. The highest BCUT2D eigenvalue weighted by Gasteiger charge is 2.46. The Bertz CT molecular complexity index is 726. The molecule has 1 amide bonds. The second kappa shape index (κ2) is 7.00. The number of hydrogen-bond acceptors (Lipinski definition) is 3. The predicted molar refractivity (Wildman–Crippen MR) is 97.0 cm³/mol. The van der Waals surface area contributed by atoms with E-state index in [4.69, 9.17) is 0 Å². The van der Waals surface area contributed by atoms with E-state index in [1.807, 2.05) is 24.1 Å². The molecule has 0 radical (unpaired) electrons. The van der Waals surface area contributed by atoms with E-state index in [1.165, 1.54) is 11.1 Å². The quantitative estimate of drug-likeness (QED) is 0.859. The molecule has 4 rings (SSSR count). The van der Waals surface area contributed by atoms with Gasteiger partial charge in [0.15, 0.2) is 0 Å². The van der Waals surface area contributed by atoms with E-state index in [1.54, 1.807) is 0 Å². The number of amides is 1. The molecule has 2 fully saturated rings. The summed E-state index contributed by atoms with van der Waals surface area (Å²) in [5.74, 6) is 0.894. The molecule has 1 aliphatic carbocycles. The molecular weight excluding hydrogens is 312 g/mol. The van der Waals surface area contributed by atoms with E-state index in [0.29, 0.717) is 11.8 Å².